The van der Waals surface area contributed by atoms with Crippen LogP contribution in [0.5, 0.6) is 0 Å². The van der Waals surface area contributed by atoms with E-state index in [4.69, 9.17) is 0 Å². The molecule has 0 saturated heterocycles. The number of amides is 1. The molecule has 0 aliphatic rings. The number of rotatable bonds is 2. The van der Waals surface area contributed by atoms with E-state index >= 15 is 0 Å². The molecule has 98 valence electrons. The van der Waals surface area contributed by atoms with E-state index in [-0.39, 0.29) is 11.7 Å². The molecule has 0 spiro atoms. The molecule has 0 bridgehead atoms. The Balaban J connectivity index is 2.35. The minimum atomic E-state index is -0.244. The standard InChI is InChI=1S/C16H16FNO/c1-11-4-9-14(15(17)10-11)12-5-7-13(8-6-12)16(19)18(2)3/h4-10H,1-3H3. The molecule has 0 N–H and O–H groups in total. The van der Waals surface area contributed by atoms with Crippen molar-refractivity contribution in [2.24, 2.45) is 0 Å². The maximum Gasteiger partial charge on any atom is 0.253 e. The average Bonchev–Trinajstić information content (AvgIpc) is 2.38. The van der Waals surface area contributed by atoms with Crippen LogP contribution in [0.25, 0.3) is 11.1 Å². The summed E-state index contributed by atoms with van der Waals surface area (Å²) in [4.78, 5) is 13.3. The average molecular weight is 257 g/mol. The molecule has 2 nitrogen and oxygen atoms in total. The van der Waals surface area contributed by atoms with Crippen LogP contribution in [-0.4, -0.2) is 24.9 Å². The van der Waals surface area contributed by atoms with Crippen LogP contribution in [0.2, 0.25) is 0 Å². The maximum atomic E-state index is 13.8. The molecule has 19 heavy (non-hydrogen) atoms. The van der Waals surface area contributed by atoms with Gasteiger partial charge < -0.3 is 4.90 Å². The Labute approximate surface area is 112 Å². The first-order valence-corrected chi connectivity index (χ1v) is 6.07. The zero-order valence-electron chi connectivity index (χ0n) is 11.3. The highest BCUT2D eigenvalue weighted by Gasteiger charge is 2.09. The van der Waals surface area contributed by atoms with E-state index in [9.17, 15) is 9.18 Å². The minimum Gasteiger partial charge on any atom is -0.345 e. The van der Waals surface area contributed by atoms with Gasteiger partial charge in [0.2, 0.25) is 0 Å². The summed E-state index contributed by atoms with van der Waals surface area (Å²) in [6.45, 7) is 1.85. The molecule has 3 heteroatoms. The van der Waals surface area contributed by atoms with E-state index in [0.29, 0.717) is 11.1 Å². The van der Waals surface area contributed by atoms with Gasteiger partial charge in [-0.1, -0.05) is 24.3 Å². The van der Waals surface area contributed by atoms with Crippen LogP contribution in [0.15, 0.2) is 42.5 Å². The molecule has 2 aromatic carbocycles. The molecule has 2 rings (SSSR count). The molecule has 0 radical (unpaired) electrons. The monoisotopic (exact) mass is 257 g/mol. The van der Waals surface area contributed by atoms with Crippen molar-refractivity contribution >= 4 is 5.91 Å². The Morgan fingerprint density at radius 2 is 1.68 bits per heavy atom. The van der Waals surface area contributed by atoms with E-state index in [2.05, 4.69) is 0 Å². The summed E-state index contributed by atoms with van der Waals surface area (Å²) in [5, 5.41) is 0. The number of nitrogens with zero attached hydrogens (tertiary/aromatic N) is 1. The lowest BCUT2D eigenvalue weighted by molar-refractivity contribution is 0.0827. The van der Waals surface area contributed by atoms with Crippen molar-refractivity contribution in [3.8, 4) is 11.1 Å². The van der Waals surface area contributed by atoms with Gasteiger partial charge >= 0.3 is 0 Å². The quantitative estimate of drug-likeness (QED) is 0.806. The fourth-order valence-corrected chi connectivity index (χ4v) is 1.90. The second-order valence-electron chi connectivity index (χ2n) is 4.76. The van der Waals surface area contributed by atoms with E-state index < -0.39 is 0 Å². The third kappa shape index (κ3) is 2.81. The fraction of sp³-hybridized carbons (Fsp3) is 0.188. The Hall–Kier alpha value is -2.16. The number of carbonyl (C=O) groups is 1. The van der Waals surface area contributed by atoms with E-state index in [1.54, 1.807) is 44.4 Å². The van der Waals surface area contributed by atoms with Crippen molar-refractivity contribution in [3.05, 3.63) is 59.4 Å². The van der Waals surface area contributed by atoms with Gasteiger partial charge in [-0.15, -0.1) is 0 Å². The van der Waals surface area contributed by atoms with Crippen LogP contribution in [0, 0.1) is 12.7 Å². The molecule has 0 fully saturated rings. The second-order valence-corrected chi connectivity index (χ2v) is 4.76. The lowest BCUT2D eigenvalue weighted by Gasteiger charge is -2.11. The topological polar surface area (TPSA) is 20.3 Å². The highest BCUT2D eigenvalue weighted by molar-refractivity contribution is 5.94. The van der Waals surface area contributed by atoms with Crippen LogP contribution in [-0.2, 0) is 0 Å². The summed E-state index contributed by atoms with van der Waals surface area (Å²) >= 11 is 0. The van der Waals surface area contributed by atoms with Crippen molar-refractivity contribution in [2.45, 2.75) is 6.92 Å². The van der Waals surface area contributed by atoms with Crippen molar-refractivity contribution in [3.63, 3.8) is 0 Å². The highest BCUT2D eigenvalue weighted by atomic mass is 19.1. The van der Waals surface area contributed by atoms with Gasteiger partial charge in [0.05, 0.1) is 0 Å². The molecule has 0 unspecified atom stereocenters. The molecular formula is C16H16FNO. The van der Waals surface area contributed by atoms with Gasteiger partial charge in [0, 0.05) is 25.2 Å². The van der Waals surface area contributed by atoms with Crippen molar-refractivity contribution in [1.82, 2.24) is 4.90 Å². The Kier molecular flexibility index (Phi) is 3.65. The Morgan fingerprint density at radius 1 is 1.05 bits per heavy atom. The number of benzene rings is 2. The number of hydrogen-bond donors (Lipinski definition) is 0. The Morgan fingerprint density at radius 3 is 2.21 bits per heavy atom. The van der Waals surface area contributed by atoms with Crippen LogP contribution < -0.4 is 0 Å². The van der Waals surface area contributed by atoms with Crippen molar-refractivity contribution < 1.29 is 9.18 Å². The smallest absolute Gasteiger partial charge is 0.253 e. The number of hydrogen-bond acceptors (Lipinski definition) is 1. The highest BCUT2D eigenvalue weighted by Crippen LogP contribution is 2.24. The number of carbonyl (C=O) groups excluding carboxylic acids is 1. The molecule has 0 saturated carbocycles. The van der Waals surface area contributed by atoms with Gasteiger partial charge in [-0.05, 0) is 36.2 Å². The summed E-state index contributed by atoms with van der Waals surface area (Å²) < 4.78 is 13.8. The van der Waals surface area contributed by atoms with Gasteiger partial charge in [0.1, 0.15) is 5.82 Å². The fourth-order valence-electron chi connectivity index (χ4n) is 1.90. The number of aryl methyl sites for hydroxylation is 1. The molecular weight excluding hydrogens is 241 g/mol. The lowest BCUT2D eigenvalue weighted by Crippen LogP contribution is -2.21. The van der Waals surface area contributed by atoms with Crippen LogP contribution in [0.3, 0.4) is 0 Å². The van der Waals surface area contributed by atoms with Gasteiger partial charge in [-0.2, -0.15) is 0 Å². The summed E-state index contributed by atoms with van der Waals surface area (Å²) in [5.41, 5.74) is 2.81. The van der Waals surface area contributed by atoms with Gasteiger partial charge in [0.25, 0.3) is 5.91 Å². The molecule has 1 amide bonds. The first-order valence-electron chi connectivity index (χ1n) is 6.07. The Bertz CT molecular complexity index is 603. The van der Waals surface area contributed by atoms with E-state index in [0.717, 1.165) is 11.1 Å². The first kappa shape index (κ1) is 13.3. The van der Waals surface area contributed by atoms with Crippen LogP contribution in [0.1, 0.15) is 15.9 Å². The van der Waals surface area contributed by atoms with E-state index in [1.807, 2.05) is 13.0 Å². The lowest BCUT2D eigenvalue weighted by atomic mass is 10.0. The third-order valence-corrected chi connectivity index (χ3v) is 2.97. The molecule has 0 aliphatic carbocycles. The second kappa shape index (κ2) is 5.22. The summed E-state index contributed by atoms with van der Waals surface area (Å²) in [6.07, 6.45) is 0. The summed E-state index contributed by atoms with van der Waals surface area (Å²) in [7, 11) is 3.41. The van der Waals surface area contributed by atoms with Gasteiger partial charge in [0.15, 0.2) is 0 Å². The van der Waals surface area contributed by atoms with E-state index in [1.165, 1.54) is 11.0 Å². The largest absolute Gasteiger partial charge is 0.345 e. The molecule has 0 aliphatic heterocycles. The SMILES string of the molecule is Cc1ccc(-c2ccc(C(=O)N(C)C)cc2)c(F)c1. The van der Waals surface area contributed by atoms with Crippen molar-refractivity contribution in [1.29, 1.82) is 0 Å². The zero-order valence-corrected chi connectivity index (χ0v) is 11.3. The van der Waals surface area contributed by atoms with Gasteiger partial charge in [-0.25, -0.2) is 4.39 Å². The van der Waals surface area contributed by atoms with Crippen molar-refractivity contribution in [2.75, 3.05) is 14.1 Å². The molecule has 0 atom stereocenters. The first-order chi connectivity index (χ1) is 8.99. The summed E-state index contributed by atoms with van der Waals surface area (Å²) in [5.74, 6) is -0.303. The molecule has 2 aromatic rings. The predicted octanol–water partition coefficient (Wildman–Crippen LogP) is 3.50. The predicted molar refractivity (Wildman–Crippen MR) is 74.6 cm³/mol. The third-order valence-electron chi connectivity index (χ3n) is 2.97. The molecule has 0 aromatic heterocycles. The van der Waals surface area contributed by atoms with Crippen LogP contribution in [0.4, 0.5) is 4.39 Å². The minimum absolute atomic E-state index is 0.0593. The summed E-state index contributed by atoms with van der Waals surface area (Å²) in [6, 6.07) is 12.1. The van der Waals surface area contributed by atoms with Gasteiger partial charge in [-0.3, -0.25) is 4.79 Å². The maximum absolute atomic E-state index is 13.8. The molecule has 0 heterocycles. The number of halogens is 1. The van der Waals surface area contributed by atoms with Crippen LogP contribution >= 0.6 is 0 Å². The zero-order chi connectivity index (χ0) is 14.0. The normalized spacial score (nSPS) is 10.3.